The van der Waals surface area contributed by atoms with Crippen molar-refractivity contribution in [3.8, 4) is 17.6 Å². The second kappa shape index (κ2) is 10.6. The van der Waals surface area contributed by atoms with Crippen LogP contribution in [-0.2, 0) is 4.79 Å². The average Bonchev–Trinajstić information content (AvgIpc) is 3.03. The summed E-state index contributed by atoms with van der Waals surface area (Å²) in [6.07, 6.45) is 11.1. The van der Waals surface area contributed by atoms with Crippen molar-refractivity contribution >= 4 is 35.5 Å². The van der Waals surface area contributed by atoms with E-state index in [1.165, 1.54) is 51.4 Å². The van der Waals surface area contributed by atoms with E-state index in [1.54, 1.807) is 6.92 Å². The maximum absolute atomic E-state index is 11.0. The monoisotopic (exact) mass is 378 g/mol. The Morgan fingerprint density at radius 3 is 2.56 bits per heavy atom. The molecule has 0 amide bonds. The van der Waals surface area contributed by atoms with Crippen LogP contribution >= 0.6 is 0 Å². The summed E-state index contributed by atoms with van der Waals surface area (Å²) in [5.41, 5.74) is 1.56. The molecule has 0 saturated heterocycles. The third-order valence-corrected chi connectivity index (χ3v) is 6.18. The third kappa shape index (κ3) is 6.28. The maximum atomic E-state index is 11.0. The summed E-state index contributed by atoms with van der Waals surface area (Å²) in [7, 11) is 0. The van der Waals surface area contributed by atoms with Gasteiger partial charge in [-0.3, -0.25) is 4.79 Å². The Morgan fingerprint density at radius 1 is 1.22 bits per heavy atom. The molecule has 4 heteroatoms. The van der Waals surface area contributed by atoms with Crippen molar-refractivity contribution in [2.75, 3.05) is 6.61 Å². The zero-order chi connectivity index (χ0) is 18.4. The minimum absolute atomic E-state index is 0. The molecule has 0 bridgehead atoms. The van der Waals surface area contributed by atoms with Crippen molar-refractivity contribution in [3.63, 3.8) is 0 Å². The number of ether oxygens (including phenoxy) is 1. The molecule has 1 spiro atoms. The molecule has 0 aliphatic heterocycles. The Morgan fingerprint density at radius 2 is 1.93 bits per heavy atom. The SMILES string of the molecule is CC#C[C@@H](CC(=O)O)c1ccc(OCC2CCC3(CCCCC3)C2)cc1.[NaH]. The van der Waals surface area contributed by atoms with Crippen molar-refractivity contribution in [3.05, 3.63) is 29.8 Å². The molecule has 2 aliphatic carbocycles. The fourth-order valence-corrected chi connectivity index (χ4v) is 4.84. The van der Waals surface area contributed by atoms with Gasteiger partial charge in [-0.1, -0.05) is 37.3 Å². The standard InChI is InChI=1S/C23H30O3.Na.H/c1-2-6-20(15-22(24)25)19-7-9-21(10-8-19)26-17-18-11-14-23(16-18)12-4-3-5-13-23;;/h7-10,18,20H,3-5,11-17H2,1H3,(H,24,25);;/t18?,20-;;/m0../s1. The molecule has 0 heterocycles. The van der Waals surface area contributed by atoms with Crippen LogP contribution in [0, 0.1) is 23.2 Å². The number of carboxylic acids is 1. The average molecular weight is 378 g/mol. The number of rotatable bonds is 6. The first-order chi connectivity index (χ1) is 12.6. The summed E-state index contributed by atoms with van der Waals surface area (Å²) < 4.78 is 6.05. The van der Waals surface area contributed by atoms with Gasteiger partial charge in [-0.15, -0.1) is 5.92 Å². The second-order valence-electron chi connectivity index (χ2n) is 8.09. The van der Waals surface area contributed by atoms with Gasteiger partial charge in [0.2, 0.25) is 0 Å². The number of benzene rings is 1. The van der Waals surface area contributed by atoms with E-state index < -0.39 is 5.97 Å². The molecular weight excluding hydrogens is 347 g/mol. The van der Waals surface area contributed by atoms with Gasteiger partial charge < -0.3 is 9.84 Å². The van der Waals surface area contributed by atoms with Gasteiger partial charge in [-0.25, -0.2) is 0 Å². The van der Waals surface area contributed by atoms with Gasteiger partial charge in [0, 0.05) is 0 Å². The Bertz CT molecular complexity index is 665. The van der Waals surface area contributed by atoms with Gasteiger partial charge in [0.15, 0.2) is 0 Å². The quantitative estimate of drug-likeness (QED) is 0.574. The van der Waals surface area contributed by atoms with Crippen LogP contribution in [0.4, 0.5) is 0 Å². The van der Waals surface area contributed by atoms with E-state index in [0.29, 0.717) is 11.3 Å². The number of hydrogen-bond acceptors (Lipinski definition) is 2. The summed E-state index contributed by atoms with van der Waals surface area (Å²) in [4.78, 5) is 11.0. The molecule has 2 atom stereocenters. The van der Waals surface area contributed by atoms with Crippen LogP contribution in [0.3, 0.4) is 0 Å². The molecule has 0 aromatic heterocycles. The summed E-state index contributed by atoms with van der Waals surface area (Å²) in [5, 5.41) is 9.04. The zero-order valence-corrected chi connectivity index (χ0v) is 15.8. The van der Waals surface area contributed by atoms with E-state index in [-0.39, 0.29) is 41.9 Å². The Kier molecular flexibility index (Phi) is 8.73. The van der Waals surface area contributed by atoms with Crippen LogP contribution in [0.2, 0.25) is 0 Å². The van der Waals surface area contributed by atoms with Gasteiger partial charge in [-0.2, -0.15) is 0 Å². The molecule has 1 N–H and O–H groups in total. The van der Waals surface area contributed by atoms with E-state index in [4.69, 9.17) is 9.84 Å². The van der Waals surface area contributed by atoms with Gasteiger partial charge in [0.05, 0.1) is 18.9 Å². The number of hydrogen-bond donors (Lipinski definition) is 1. The van der Waals surface area contributed by atoms with E-state index in [2.05, 4.69) is 11.8 Å². The Balaban J connectivity index is 0.00000261. The van der Waals surface area contributed by atoms with Gasteiger partial charge >= 0.3 is 35.5 Å². The molecule has 2 aliphatic rings. The molecule has 1 aromatic carbocycles. The zero-order valence-electron chi connectivity index (χ0n) is 15.8. The molecule has 1 aromatic rings. The molecule has 27 heavy (non-hydrogen) atoms. The van der Waals surface area contributed by atoms with Crippen LogP contribution < -0.4 is 4.74 Å². The predicted octanol–water partition coefficient (Wildman–Crippen LogP) is 4.75. The summed E-state index contributed by atoms with van der Waals surface area (Å²) in [6.45, 7) is 2.54. The second-order valence-corrected chi connectivity index (χ2v) is 8.09. The van der Waals surface area contributed by atoms with E-state index >= 15 is 0 Å². The van der Waals surface area contributed by atoms with Crippen LogP contribution in [-0.4, -0.2) is 47.2 Å². The summed E-state index contributed by atoms with van der Waals surface area (Å²) >= 11 is 0. The van der Waals surface area contributed by atoms with Crippen LogP contribution in [0.25, 0.3) is 0 Å². The van der Waals surface area contributed by atoms with E-state index in [9.17, 15) is 4.79 Å². The van der Waals surface area contributed by atoms with Crippen LogP contribution in [0.5, 0.6) is 5.75 Å². The van der Waals surface area contributed by atoms with E-state index in [0.717, 1.165) is 17.9 Å². The minimum atomic E-state index is -0.823. The topological polar surface area (TPSA) is 46.5 Å². The fourth-order valence-electron chi connectivity index (χ4n) is 4.84. The molecule has 1 unspecified atom stereocenters. The van der Waals surface area contributed by atoms with Gasteiger partial charge in [0.25, 0.3) is 0 Å². The van der Waals surface area contributed by atoms with Gasteiger partial charge in [-0.05, 0) is 68.1 Å². The molecule has 2 saturated carbocycles. The van der Waals surface area contributed by atoms with Crippen LogP contribution in [0.1, 0.15) is 76.2 Å². The first-order valence-electron chi connectivity index (χ1n) is 9.97. The van der Waals surface area contributed by atoms with Crippen molar-refractivity contribution < 1.29 is 14.6 Å². The molecular formula is C23H31NaO3. The molecule has 142 valence electrons. The predicted molar refractivity (Wildman–Crippen MR) is 110 cm³/mol. The summed E-state index contributed by atoms with van der Waals surface area (Å²) in [6, 6.07) is 7.80. The molecule has 3 nitrogen and oxygen atoms in total. The molecule has 0 radical (unpaired) electrons. The third-order valence-electron chi connectivity index (χ3n) is 6.18. The first-order valence-corrected chi connectivity index (χ1v) is 9.97. The Hall–Kier alpha value is -0.950. The normalized spacial score (nSPS) is 21.6. The van der Waals surface area contributed by atoms with Crippen molar-refractivity contribution in [2.24, 2.45) is 11.3 Å². The van der Waals surface area contributed by atoms with Crippen molar-refractivity contribution in [2.45, 2.75) is 70.6 Å². The van der Waals surface area contributed by atoms with Gasteiger partial charge in [0.1, 0.15) is 5.75 Å². The first kappa shape index (κ1) is 22.3. The van der Waals surface area contributed by atoms with E-state index in [1.807, 2.05) is 24.3 Å². The molecule has 3 rings (SSSR count). The molecule has 2 fully saturated rings. The Labute approximate surface area is 185 Å². The number of carbonyl (C=O) groups is 1. The van der Waals surface area contributed by atoms with Crippen molar-refractivity contribution in [1.29, 1.82) is 0 Å². The van der Waals surface area contributed by atoms with Crippen LogP contribution in [0.15, 0.2) is 24.3 Å². The fraction of sp³-hybridized carbons (Fsp3) is 0.609. The number of carboxylic acid groups (broad SMARTS) is 1. The van der Waals surface area contributed by atoms with Crippen molar-refractivity contribution in [1.82, 2.24) is 0 Å². The number of aliphatic carboxylic acids is 1. The summed E-state index contributed by atoms with van der Waals surface area (Å²) in [5.74, 6) is 6.29.